The Kier molecular flexibility index (Phi) is 4.39. The zero-order valence-corrected chi connectivity index (χ0v) is 12.2. The van der Waals surface area contributed by atoms with Crippen molar-refractivity contribution in [2.75, 3.05) is 6.54 Å². The zero-order chi connectivity index (χ0) is 15.5. The number of rotatable bonds is 5. The number of pyridine rings is 1. The van der Waals surface area contributed by atoms with E-state index in [1.165, 1.54) is 6.07 Å². The van der Waals surface area contributed by atoms with Gasteiger partial charge in [0.25, 0.3) is 0 Å². The van der Waals surface area contributed by atoms with Crippen molar-refractivity contribution in [1.82, 2.24) is 9.71 Å². The van der Waals surface area contributed by atoms with Crippen LogP contribution in [-0.4, -0.2) is 31.0 Å². The lowest BCUT2D eigenvalue weighted by Gasteiger charge is -2.12. The molecule has 112 valence electrons. The van der Waals surface area contributed by atoms with Gasteiger partial charge in [0.15, 0.2) is 0 Å². The number of sulfonamides is 1. The van der Waals surface area contributed by atoms with Crippen LogP contribution in [0, 0.1) is 5.92 Å². The fraction of sp³-hybridized carbons (Fsp3) is 0.231. The van der Waals surface area contributed by atoms with Gasteiger partial charge >= 0.3 is 0 Å². The molecule has 0 aliphatic heterocycles. The smallest absolute Gasteiger partial charge is 0.241 e. The number of hydrogen-bond donors (Lipinski definition) is 3. The lowest BCUT2D eigenvalue weighted by atomic mass is 10.2. The standard InChI is InChI=1S/C13H16N4O3S/c1-9(13(14)17-18)7-16-21(19,20)12-4-2-3-10-8-15-6-5-11(10)12/h2-6,8-9,16,18H,7H2,1H3,(H2,14,17). The largest absolute Gasteiger partial charge is 0.409 e. The van der Waals surface area contributed by atoms with E-state index in [-0.39, 0.29) is 17.3 Å². The third kappa shape index (κ3) is 3.29. The molecule has 1 atom stereocenters. The molecule has 1 aromatic heterocycles. The van der Waals surface area contributed by atoms with Crippen molar-refractivity contribution in [3.63, 3.8) is 0 Å². The quantitative estimate of drug-likeness (QED) is 0.328. The van der Waals surface area contributed by atoms with E-state index in [0.29, 0.717) is 5.39 Å². The highest BCUT2D eigenvalue weighted by molar-refractivity contribution is 7.89. The van der Waals surface area contributed by atoms with Gasteiger partial charge in [-0.3, -0.25) is 4.98 Å². The van der Waals surface area contributed by atoms with E-state index < -0.39 is 15.9 Å². The first-order valence-corrected chi connectivity index (χ1v) is 7.74. The van der Waals surface area contributed by atoms with Crippen molar-refractivity contribution >= 4 is 26.6 Å². The second-order valence-electron chi connectivity index (χ2n) is 4.63. The summed E-state index contributed by atoms with van der Waals surface area (Å²) in [5, 5.41) is 12.8. The van der Waals surface area contributed by atoms with Crippen LogP contribution in [0.1, 0.15) is 6.92 Å². The van der Waals surface area contributed by atoms with Gasteiger partial charge in [-0.25, -0.2) is 13.1 Å². The summed E-state index contributed by atoms with van der Waals surface area (Å²) in [5.74, 6) is -0.443. The van der Waals surface area contributed by atoms with Crippen molar-refractivity contribution in [1.29, 1.82) is 0 Å². The Bertz CT molecular complexity index is 769. The summed E-state index contributed by atoms with van der Waals surface area (Å²) in [7, 11) is -3.69. The molecule has 0 bridgehead atoms. The number of nitrogens with one attached hydrogen (secondary N) is 1. The highest BCUT2D eigenvalue weighted by Gasteiger charge is 2.19. The Balaban J connectivity index is 2.30. The van der Waals surface area contributed by atoms with Crippen LogP contribution >= 0.6 is 0 Å². The fourth-order valence-electron chi connectivity index (χ4n) is 1.84. The van der Waals surface area contributed by atoms with Gasteiger partial charge in [0.05, 0.1) is 4.90 Å². The van der Waals surface area contributed by atoms with E-state index >= 15 is 0 Å². The van der Waals surface area contributed by atoms with Crippen LogP contribution in [0.2, 0.25) is 0 Å². The Labute approximate surface area is 122 Å². The number of hydrogen-bond acceptors (Lipinski definition) is 5. The minimum absolute atomic E-state index is 0.0279. The van der Waals surface area contributed by atoms with Crippen LogP contribution in [-0.2, 0) is 10.0 Å². The Morgan fingerprint density at radius 3 is 2.95 bits per heavy atom. The number of amidine groups is 1. The zero-order valence-electron chi connectivity index (χ0n) is 11.4. The van der Waals surface area contributed by atoms with Crippen molar-refractivity contribution in [3.8, 4) is 0 Å². The molecule has 0 aliphatic rings. The maximum atomic E-state index is 12.4. The van der Waals surface area contributed by atoms with E-state index in [2.05, 4.69) is 14.9 Å². The van der Waals surface area contributed by atoms with Crippen molar-refractivity contribution in [2.45, 2.75) is 11.8 Å². The van der Waals surface area contributed by atoms with Gasteiger partial charge in [0.2, 0.25) is 10.0 Å². The third-order valence-corrected chi connectivity index (χ3v) is 4.61. The van der Waals surface area contributed by atoms with Crippen LogP contribution in [0.5, 0.6) is 0 Å². The summed E-state index contributed by atoms with van der Waals surface area (Å²) >= 11 is 0. The molecule has 1 heterocycles. The normalized spacial score (nSPS) is 14.2. The first kappa shape index (κ1) is 15.2. The van der Waals surface area contributed by atoms with Crippen LogP contribution in [0.15, 0.2) is 46.7 Å². The first-order chi connectivity index (χ1) is 9.95. The van der Waals surface area contributed by atoms with Gasteiger partial charge in [0, 0.05) is 35.6 Å². The van der Waals surface area contributed by atoms with Gasteiger partial charge in [0.1, 0.15) is 5.84 Å². The van der Waals surface area contributed by atoms with Gasteiger partial charge < -0.3 is 10.9 Å². The van der Waals surface area contributed by atoms with Gasteiger partial charge in [-0.1, -0.05) is 24.2 Å². The predicted octanol–water partition coefficient (Wildman–Crippen LogP) is 0.896. The first-order valence-electron chi connectivity index (χ1n) is 6.25. The topological polar surface area (TPSA) is 118 Å². The number of oxime groups is 1. The number of benzene rings is 1. The number of nitrogens with two attached hydrogens (primary N) is 1. The van der Waals surface area contributed by atoms with Crippen molar-refractivity contribution in [3.05, 3.63) is 36.7 Å². The molecule has 2 rings (SSSR count). The van der Waals surface area contributed by atoms with Crippen molar-refractivity contribution < 1.29 is 13.6 Å². The van der Waals surface area contributed by atoms with Crippen LogP contribution in [0.25, 0.3) is 10.8 Å². The summed E-state index contributed by atoms with van der Waals surface area (Å²) in [6, 6.07) is 6.63. The average molecular weight is 308 g/mol. The lowest BCUT2D eigenvalue weighted by Crippen LogP contribution is -2.34. The van der Waals surface area contributed by atoms with Gasteiger partial charge in [-0.2, -0.15) is 0 Å². The fourth-order valence-corrected chi connectivity index (χ4v) is 3.20. The van der Waals surface area contributed by atoms with Crippen LogP contribution in [0.3, 0.4) is 0 Å². The molecule has 0 fully saturated rings. The molecule has 0 saturated carbocycles. The number of aromatic nitrogens is 1. The van der Waals surface area contributed by atoms with E-state index in [1.807, 2.05) is 0 Å². The van der Waals surface area contributed by atoms with E-state index in [1.54, 1.807) is 37.5 Å². The SMILES string of the molecule is CC(CNS(=O)(=O)c1cccc2cnccc12)C(N)=NO. The molecule has 0 spiro atoms. The molecule has 1 unspecified atom stereocenters. The van der Waals surface area contributed by atoms with E-state index in [4.69, 9.17) is 10.9 Å². The lowest BCUT2D eigenvalue weighted by molar-refractivity contribution is 0.314. The maximum absolute atomic E-state index is 12.4. The monoisotopic (exact) mass is 308 g/mol. The van der Waals surface area contributed by atoms with Crippen LogP contribution in [0.4, 0.5) is 0 Å². The Hall–Kier alpha value is -2.19. The Morgan fingerprint density at radius 2 is 2.24 bits per heavy atom. The Morgan fingerprint density at radius 1 is 1.48 bits per heavy atom. The summed E-state index contributed by atoms with van der Waals surface area (Å²) in [6.07, 6.45) is 3.15. The van der Waals surface area contributed by atoms with Gasteiger partial charge in [-0.15, -0.1) is 0 Å². The van der Waals surface area contributed by atoms with Gasteiger partial charge in [-0.05, 0) is 12.1 Å². The second kappa shape index (κ2) is 6.06. The molecule has 0 saturated heterocycles. The molecule has 1 aromatic carbocycles. The minimum atomic E-state index is -3.69. The number of fused-ring (bicyclic) bond motifs is 1. The molecule has 8 heteroatoms. The minimum Gasteiger partial charge on any atom is -0.409 e. The summed E-state index contributed by atoms with van der Waals surface area (Å²) in [4.78, 5) is 4.14. The summed E-state index contributed by atoms with van der Waals surface area (Å²) < 4.78 is 27.2. The number of nitrogens with zero attached hydrogens (tertiary/aromatic N) is 2. The van der Waals surface area contributed by atoms with Crippen LogP contribution < -0.4 is 10.5 Å². The highest BCUT2D eigenvalue weighted by atomic mass is 32.2. The summed E-state index contributed by atoms with van der Waals surface area (Å²) in [6.45, 7) is 1.70. The molecule has 7 nitrogen and oxygen atoms in total. The molecule has 0 aliphatic carbocycles. The maximum Gasteiger partial charge on any atom is 0.241 e. The summed E-state index contributed by atoms with van der Waals surface area (Å²) in [5.41, 5.74) is 5.43. The molecule has 21 heavy (non-hydrogen) atoms. The highest BCUT2D eigenvalue weighted by Crippen LogP contribution is 2.21. The van der Waals surface area contributed by atoms with Crippen molar-refractivity contribution in [2.24, 2.45) is 16.8 Å². The third-order valence-electron chi connectivity index (χ3n) is 3.13. The average Bonchev–Trinajstić information content (AvgIpc) is 2.51. The molecular weight excluding hydrogens is 292 g/mol. The second-order valence-corrected chi connectivity index (χ2v) is 6.37. The predicted molar refractivity (Wildman–Crippen MR) is 79.5 cm³/mol. The van der Waals surface area contributed by atoms with E-state index in [0.717, 1.165) is 5.39 Å². The van der Waals surface area contributed by atoms with E-state index in [9.17, 15) is 8.42 Å². The molecular formula is C13H16N4O3S. The molecule has 4 N–H and O–H groups in total. The molecule has 2 aromatic rings. The molecule has 0 radical (unpaired) electrons. The molecule has 0 amide bonds.